The summed E-state index contributed by atoms with van der Waals surface area (Å²) in [7, 11) is -0.770. The summed E-state index contributed by atoms with van der Waals surface area (Å²) in [6, 6.07) is 8.84. The maximum atomic E-state index is 11.3. The van der Waals surface area contributed by atoms with Crippen molar-refractivity contribution in [3.63, 3.8) is 0 Å². The lowest BCUT2D eigenvalue weighted by Crippen LogP contribution is -2.16. The van der Waals surface area contributed by atoms with Crippen LogP contribution in [0.2, 0.25) is 0 Å². The number of nitrogens with one attached hydrogen (secondary N) is 1. The van der Waals surface area contributed by atoms with Gasteiger partial charge >= 0.3 is 0 Å². The average molecular weight is 237 g/mol. The highest BCUT2D eigenvalue weighted by Gasteiger charge is 2.15. The number of anilines is 1. The number of hydrogen-bond donors (Lipinski definition) is 1. The van der Waals surface area contributed by atoms with E-state index >= 15 is 0 Å². The fourth-order valence-corrected chi connectivity index (χ4v) is 2.99. The van der Waals surface area contributed by atoms with Crippen molar-refractivity contribution in [2.45, 2.75) is 37.5 Å². The first kappa shape index (κ1) is 11.6. The third kappa shape index (κ3) is 3.08. The summed E-state index contributed by atoms with van der Waals surface area (Å²) in [5.41, 5.74) is 2.35. The molecule has 1 aliphatic carbocycles. The maximum absolute atomic E-state index is 11.3. The zero-order valence-corrected chi connectivity index (χ0v) is 10.6. The first-order chi connectivity index (χ1) is 7.75. The maximum Gasteiger partial charge on any atom is 0.0503 e. The molecule has 1 aromatic carbocycles. The minimum Gasteiger partial charge on any atom is -0.382 e. The van der Waals surface area contributed by atoms with Gasteiger partial charge in [0.1, 0.15) is 0 Å². The molecule has 0 saturated heterocycles. The van der Waals surface area contributed by atoms with Crippen LogP contribution in [0, 0.1) is 0 Å². The van der Waals surface area contributed by atoms with Gasteiger partial charge in [0.25, 0.3) is 0 Å². The Labute approximate surface area is 99.9 Å². The van der Waals surface area contributed by atoms with Crippen LogP contribution in [0.4, 0.5) is 5.69 Å². The lowest BCUT2D eigenvalue weighted by Gasteiger charge is -2.16. The smallest absolute Gasteiger partial charge is 0.0503 e. The van der Waals surface area contributed by atoms with E-state index < -0.39 is 10.8 Å². The Balaban J connectivity index is 2.09. The van der Waals surface area contributed by atoms with E-state index in [0.717, 1.165) is 0 Å². The van der Waals surface area contributed by atoms with Crippen LogP contribution in [0.3, 0.4) is 0 Å². The highest BCUT2D eigenvalue weighted by molar-refractivity contribution is 7.83. The van der Waals surface area contributed by atoms with E-state index in [9.17, 15) is 4.21 Å². The van der Waals surface area contributed by atoms with Crippen molar-refractivity contribution in [2.75, 3.05) is 11.6 Å². The Hall–Kier alpha value is -0.830. The van der Waals surface area contributed by atoms with Crippen LogP contribution in [-0.2, 0) is 16.6 Å². The second-order valence-electron chi connectivity index (χ2n) is 4.50. The molecule has 1 unspecified atom stereocenters. The molecule has 1 N–H and O–H groups in total. The molecule has 1 saturated carbocycles. The Kier molecular flexibility index (Phi) is 3.99. The molecule has 1 aromatic rings. The normalized spacial score (nSPS) is 18.6. The molecular formula is C13H19NOS. The summed E-state index contributed by atoms with van der Waals surface area (Å²) in [4.78, 5) is 0. The van der Waals surface area contributed by atoms with Crippen LogP contribution in [0.15, 0.2) is 24.3 Å². The van der Waals surface area contributed by atoms with E-state index in [1.165, 1.54) is 36.9 Å². The second-order valence-corrected chi connectivity index (χ2v) is 5.94. The molecule has 0 bridgehead atoms. The fourth-order valence-electron chi connectivity index (χ4n) is 2.30. The van der Waals surface area contributed by atoms with Gasteiger partial charge in [-0.05, 0) is 24.5 Å². The van der Waals surface area contributed by atoms with E-state index in [-0.39, 0.29) is 0 Å². The van der Waals surface area contributed by atoms with Crippen LogP contribution < -0.4 is 5.32 Å². The number of benzene rings is 1. The van der Waals surface area contributed by atoms with Crippen molar-refractivity contribution >= 4 is 16.5 Å². The fraction of sp³-hybridized carbons (Fsp3) is 0.538. The first-order valence-electron chi connectivity index (χ1n) is 5.90. The molecule has 2 nitrogen and oxygen atoms in total. The molecule has 0 aliphatic heterocycles. The van der Waals surface area contributed by atoms with Gasteiger partial charge in [0, 0.05) is 28.8 Å². The van der Waals surface area contributed by atoms with Gasteiger partial charge in [0.2, 0.25) is 0 Å². The lowest BCUT2D eigenvalue weighted by molar-refractivity contribution is 0.686. The van der Waals surface area contributed by atoms with Gasteiger partial charge in [-0.15, -0.1) is 0 Å². The van der Waals surface area contributed by atoms with Crippen LogP contribution >= 0.6 is 0 Å². The van der Waals surface area contributed by atoms with Gasteiger partial charge in [0.15, 0.2) is 0 Å². The molecule has 0 aromatic heterocycles. The van der Waals surface area contributed by atoms with E-state index in [1.54, 1.807) is 6.26 Å². The SMILES string of the molecule is CS(=O)Cc1ccccc1NC1CCCC1. The van der Waals surface area contributed by atoms with Crippen molar-refractivity contribution in [1.82, 2.24) is 0 Å². The Bertz CT molecular complexity index is 372. The zero-order chi connectivity index (χ0) is 11.4. The highest BCUT2D eigenvalue weighted by Crippen LogP contribution is 2.24. The quantitative estimate of drug-likeness (QED) is 0.872. The molecule has 0 spiro atoms. The molecule has 0 radical (unpaired) electrons. The Morgan fingerprint density at radius 1 is 1.31 bits per heavy atom. The van der Waals surface area contributed by atoms with Gasteiger partial charge in [-0.1, -0.05) is 31.0 Å². The van der Waals surface area contributed by atoms with Crippen molar-refractivity contribution in [3.8, 4) is 0 Å². The summed E-state index contributed by atoms with van der Waals surface area (Å²) in [6.07, 6.45) is 6.96. The topological polar surface area (TPSA) is 29.1 Å². The molecule has 2 rings (SSSR count). The molecule has 88 valence electrons. The summed E-state index contributed by atoms with van der Waals surface area (Å²) in [5, 5.41) is 3.58. The highest BCUT2D eigenvalue weighted by atomic mass is 32.2. The third-order valence-electron chi connectivity index (χ3n) is 3.09. The summed E-state index contributed by atoms with van der Waals surface area (Å²) >= 11 is 0. The van der Waals surface area contributed by atoms with E-state index in [2.05, 4.69) is 17.4 Å². The van der Waals surface area contributed by atoms with Gasteiger partial charge < -0.3 is 5.32 Å². The first-order valence-corrected chi connectivity index (χ1v) is 7.63. The van der Waals surface area contributed by atoms with Gasteiger partial charge in [-0.2, -0.15) is 0 Å². The van der Waals surface area contributed by atoms with Crippen molar-refractivity contribution in [2.24, 2.45) is 0 Å². The predicted molar refractivity (Wildman–Crippen MR) is 70.1 cm³/mol. The minimum atomic E-state index is -0.770. The van der Waals surface area contributed by atoms with E-state index in [0.29, 0.717) is 11.8 Å². The predicted octanol–water partition coefficient (Wildman–Crippen LogP) is 2.92. The molecule has 1 atom stereocenters. The molecule has 0 heterocycles. The number of rotatable bonds is 4. The number of para-hydroxylation sites is 1. The van der Waals surface area contributed by atoms with E-state index in [1.807, 2.05) is 12.1 Å². The van der Waals surface area contributed by atoms with Crippen LogP contribution in [0.25, 0.3) is 0 Å². The van der Waals surface area contributed by atoms with Crippen LogP contribution in [0.1, 0.15) is 31.2 Å². The van der Waals surface area contributed by atoms with Gasteiger partial charge in [-0.25, -0.2) is 0 Å². The Morgan fingerprint density at radius 3 is 2.69 bits per heavy atom. The van der Waals surface area contributed by atoms with Crippen molar-refractivity contribution in [1.29, 1.82) is 0 Å². The lowest BCUT2D eigenvalue weighted by atomic mass is 10.1. The average Bonchev–Trinajstić information content (AvgIpc) is 2.73. The van der Waals surface area contributed by atoms with E-state index in [4.69, 9.17) is 0 Å². The molecule has 1 aliphatic rings. The second kappa shape index (κ2) is 5.48. The molecule has 16 heavy (non-hydrogen) atoms. The summed E-state index contributed by atoms with van der Waals surface area (Å²) < 4.78 is 11.3. The third-order valence-corrected chi connectivity index (χ3v) is 3.81. The van der Waals surface area contributed by atoms with Crippen LogP contribution in [-0.4, -0.2) is 16.5 Å². The van der Waals surface area contributed by atoms with Crippen molar-refractivity contribution in [3.05, 3.63) is 29.8 Å². The monoisotopic (exact) mass is 237 g/mol. The largest absolute Gasteiger partial charge is 0.382 e. The van der Waals surface area contributed by atoms with Crippen LogP contribution in [0.5, 0.6) is 0 Å². The van der Waals surface area contributed by atoms with Gasteiger partial charge in [0.05, 0.1) is 5.75 Å². The zero-order valence-electron chi connectivity index (χ0n) is 9.74. The van der Waals surface area contributed by atoms with Gasteiger partial charge in [-0.3, -0.25) is 4.21 Å². The molecule has 0 amide bonds. The standard InChI is InChI=1S/C13H19NOS/c1-16(15)10-11-6-2-5-9-13(11)14-12-7-3-4-8-12/h2,5-6,9,12,14H,3-4,7-8,10H2,1H3. The Morgan fingerprint density at radius 2 is 2.00 bits per heavy atom. The molecule has 3 heteroatoms. The molecular weight excluding hydrogens is 218 g/mol. The summed E-state index contributed by atoms with van der Waals surface area (Å²) in [5.74, 6) is 0.649. The summed E-state index contributed by atoms with van der Waals surface area (Å²) in [6.45, 7) is 0. The van der Waals surface area contributed by atoms with Crippen molar-refractivity contribution < 1.29 is 4.21 Å². The molecule has 1 fully saturated rings. The number of hydrogen-bond acceptors (Lipinski definition) is 2. The minimum absolute atomic E-state index is 0.617.